The van der Waals surface area contributed by atoms with E-state index in [0.29, 0.717) is 18.9 Å². The summed E-state index contributed by atoms with van der Waals surface area (Å²) in [6.07, 6.45) is 0. The Labute approximate surface area is 124 Å². The van der Waals surface area contributed by atoms with Gasteiger partial charge >= 0.3 is 0 Å². The highest BCUT2D eigenvalue weighted by molar-refractivity contribution is 5.46. The number of nitrogens with one attached hydrogen (secondary N) is 1. The maximum Gasteiger partial charge on any atom is 0.166 e. The van der Waals surface area contributed by atoms with E-state index < -0.39 is 0 Å². The molecule has 114 valence electrons. The Balaban J connectivity index is 2.18. The Hall–Kier alpha value is -2.08. The van der Waals surface area contributed by atoms with Crippen molar-refractivity contribution in [2.24, 2.45) is 0 Å². The van der Waals surface area contributed by atoms with Crippen LogP contribution in [0.2, 0.25) is 0 Å². The summed E-state index contributed by atoms with van der Waals surface area (Å²) in [7, 11) is 0. The minimum atomic E-state index is 0.304. The molecule has 21 heavy (non-hydrogen) atoms. The quantitative estimate of drug-likeness (QED) is 0.805. The van der Waals surface area contributed by atoms with E-state index in [9.17, 15) is 0 Å². The Kier molecular flexibility index (Phi) is 5.57. The molecule has 0 aliphatic carbocycles. The fraction of sp³-hybridized carbons (Fsp3) is 0.467. The molecule has 1 aromatic carbocycles. The Bertz CT molecular complexity index is 569. The van der Waals surface area contributed by atoms with Crippen LogP contribution in [0.15, 0.2) is 22.8 Å². The molecule has 1 N–H and O–H groups in total. The molecule has 0 amide bonds. The Morgan fingerprint density at radius 3 is 2.71 bits per heavy atom. The standard InChI is InChI=1S/C15H21N3O3/c1-4-16-9-12-7-6-8-14(19-5-2)15(12)20-10-13-11(3)17-21-18-13/h6-8,16H,4-5,9-10H2,1-3H3. The normalized spacial score (nSPS) is 10.6. The Morgan fingerprint density at radius 2 is 2.05 bits per heavy atom. The molecule has 1 heterocycles. The maximum absolute atomic E-state index is 5.92. The van der Waals surface area contributed by atoms with E-state index in [1.54, 1.807) is 0 Å². The smallest absolute Gasteiger partial charge is 0.166 e. The number of hydrogen-bond donors (Lipinski definition) is 1. The topological polar surface area (TPSA) is 69.4 Å². The molecule has 2 aromatic rings. The number of aromatic nitrogens is 2. The second-order valence-electron chi connectivity index (χ2n) is 4.54. The average Bonchev–Trinajstić information content (AvgIpc) is 2.89. The van der Waals surface area contributed by atoms with Gasteiger partial charge in [0.15, 0.2) is 11.5 Å². The fourth-order valence-electron chi connectivity index (χ4n) is 1.91. The highest BCUT2D eigenvalue weighted by Gasteiger charge is 2.13. The van der Waals surface area contributed by atoms with Gasteiger partial charge in [-0.2, -0.15) is 0 Å². The first kappa shape index (κ1) is 15.3. The summed E-state index contributed by atoms with van der Waals surface area (Å²) in [6, 6.07) is 5.89. The van der Waals surface area contributed by atoms with Crippen LogP contribution in [0.4, 0.5) is 0 Å². The first-order chi connectivity index (χ1) is 10.3. The zero-order valence-electron chi connectivity index (χ0n) is 12.7. The zero-order chi connectivity index (χ0) is 15.1. The van der Waals surface area contributed by atoms with Gasteiger partial charge in [0.25, 0.3) is 0 Å². The summed E-state index contributed by atoms with van der Waals surface area (Å²) in [5, 5.41) is 10.9. The van der Waals surface area contributed by atoms with Gasteiger partial charge < -0.3 is 14.8 Å². The molecule has 0 saturated carbocycles. The molecule has 0 unspecified atom stereocenters. The van der Waals surface area contributed by atoms with Crippen molar-refractivity contribution in [3.63, 3.8) is 0 Å². The number of para-hydroxylation sites is 1. The molecule has 0 saturated heterocycles. The van der Waals surface area contributed by atoms with Crippen molar-refractivity contribution in [1.82, 2.24) is 15.6 Å². The lowest BCUT2D eigenvalue weighted by atomic mass is 10.2. The molecule has 1 aromatic heterocycles. The van der Waals surface area contributed by atoms with Crippen LogP contribution in [0.25, 0.3) is 0 Å². The van der Waals surface area contributed by atoms with Crippen LogP contribution >= 0.6 is 0 Å². The van der Waals surface area contributed by atoms with E-state index in [0.717, 1.165) is 35.8 Å². The van der Waals surface area contributed by atoms with E-state index in [1.807, 2.05) is 32.0 Å². The van der Waals surface area contributed by atoms with Crippen molar-refractivity contribution in [2.45, 2.75) is 33.9 Å². The van der Waals surface area contributed by atoms with Crippen molar-refractivity contribution in [3.8, 4) is 11.5 Å². The van der Waals surface area contributed by atoms with Crippen molar-refractivity contribution in [1.29, 1.82) is 0 Å². The molecular formula is C15H21N3O3. The number of nitrogens with zero attached hydrogens (tertiary/aromatic N) is 2. The SMILES string of the molecule is CCNCc1cccc(OCC)c1OCc1nonc1C. The van der Waals surface area contributed by atoms with Crippen LogP contribution < -0.4 is 14.8 Å². The maximum atomic E-state index is 5.92. The van der Waals surface area contributed by atoms with Gasteiger partial charge in [0.05, 0.1) is 6.61 Å². The lowest BCUT2D eigenvalue weighted by Gasteiger charge is -2.15. The van der Waals surface area contributed by atoms with Crippen LogP contribution in [0.1, 0.15) is 30.8 Å². The third-order valence-corrected chi connectivity index (χ3v) is 3.03. The second kappa shape index (κ2) is 7.64. The average molecular weight is 291 g/mol. The molecule has 0 spiro atoms. The molecule has 0 aliphatic rings. The van der Waals surface area contributed by atoms with Crippen molar-refractivity contribution >= 4 is 0 Å². The number of aryl methyl sites for hydroxylation is 1. The molecule has 0 atom stereocenters. The van der Waals surface area contributed by atoms with E-state index in [-0.39, 0.29) is 0 Å². The molecule has 0 fully saturated rings. The molecule has 2 rings (SSSR count). The monoisotopic (exact) mass is 291 g/mol. The first-order valence-electron chi connectivity index (χ1n) is 7.12. The lowest BCUT2D eigenvalue weighted by Crippen LogP contribution is -2.13. The summed E-state index contributed by atoms with van der Waals surface area (Å²) in [4.78, 5) is 0. The first-order valence-corrected chi connectivity index (χ1v) is 7.12. The van der Waals surface area contributed by atoms with Crippen LogP contribution in [0, 0.1) is 6.92 Å². The minimum Gasteiger partial charge on any atom is -0.490 e. The number of ether oxygens (including phenoxy) is 2. The summed E-state index contributed by atoms with van der Waals surface area (Å²) < 4.78 is 16.2. The fourth-order valence-corrected chi connectivity index (χ4v) is 1.91. The van der Waals surface area contributed by atoms with Gasteiger partial charge in [-0.1, -0.05) is 29.4 Å². The van der Waals surface area contributed by atoms with Gasteiger partial charge in [0.2, 0.25) is 0 Å². The zero-order valence-corrected chi connectivity index (χ0v) is 12.7. The van der Waals surface area contributed by atoms with E-state index in [1.165, 1.54) is 0 Å². The third kappa shape index (κ3) is 3.95. The van der Waals surface area contributed by atoms with Crippen molar-refractivity contribution in [2.75, 3.05) is 13.2 Å². The van der Waals surface area contributed by atoms with Crippen molar-refractivity contribution < 1.29 is 14.1 Å². The second-order valence-corrected chi connectivity index (χ2v) is 4.54. The van der Waals surface area contributed by atoms with Gasteiger partial charge in [-0.15, -0.1) is 0 Å². The third-order valence-electron chi connectivity index (χ3n) is 3.03. The van der Waals surface area contributed by atoms with E-state index in [2.05, 4.69) is 27.2 Å². The van der Waals surface area contributed by atoms with Crippen LogP contribution in [-0.4, -0.2) is 23.5 Å². The summed E-state index contributed by atoms with van der Waals surface area (Å²) >= 11 is 0. The summed E-state index contributed by atoms with van der Waals surface area (Å²) in [5.41, 5.74) is 2.48. The number of hydrogen-bond acceptors (Lipinski definition) is 6. The largest absolute Gasteiger partial charge is 0.490 e. The van der Waals surface area contributed by atoms with Crippen LogP contribution in [-0.2, 0) is 13.2 Å². The van der Waals surface area contributed by atoms with Gasteiger partial charge in [-0.05, 0) is 26.5 Å². The van der Waals surface area contributed by atoms with Gasteiger partial charge in [-0.25, -0.2) is 4.63 Å². The van der Waals surface area contributed by atoms with Gasteiger partial charge in [0, 0.05) is 12.1 Å². The molecule has 0 radical (unpaired) electrons. The minimum absolute atomic E-state index is 0.304. The lowest BCUT2D eigenvalue weighted by molar-refractivity contribution is 0.250. The van der Waals surface area contributed by atoms with Crippen LogP contribution in [0.3, 0.4) is 0 Å². The molecule has 6 nitrogen and oxygen atoms in total. The van der Waals surface area contributed by atoms with Crippen molar-refractivity contribution in [3.05, 3.63) is 35.2 Å². The van der Waals surface area contributed by atoms with E-state index >= 15 is 0 Å². The number of rotatable bonds is 8. The summed E-state index contributed by atoms with van der Waals surface area (Å²) in [6.45, 7) is 8.37. The van der Waals surface area contributed by atoms with Crippen LogP contribution in [0.5, 0.6) is 11.5 Å². The molecule has 0 bridgehead atoms. The Morgan fingerprint density at radius 1 is 1.19 bits per heavy atom. The highest BCUT2D eigenvalue weighted by Crippen LogP contribution is 2.32. The predicted molar refractivity (Wildman–Crippen MR) is 78.4 cm³/mol. The molecule has 6 heteroatoms. The summed E-state index contributed by atoms with van der Waals surface area (Å²) in [5.74, 6) is 1.48. The molecule has 0 aliphatic heterocycles. The highest BCUT2D eigenvalue weighted by atomic mass is 16.6. The van der Waals surface area contributed by atoms with Gasteiger partial charge in [-0.3, -0.25) is 0 Å². The number of benzene rings is 1. The predicted octanol–water partition coefficient (Wildman–Crippen LogP) is 2.47. The van der Waals surface area contributed by atoms with E-state index in [4.69, 9.17) is 9.47 Å². The molecular weight excluding hydrogens is 270 g/mol. The van der Waals surface area contributed by atoms with Gasteiger partial charge in [0.1, 0.15) is 18.0 Å².